The Morgan fingerprint density at radius 2 is 1.76 bits per heavy atom. The Bertz CT molecular complexity index is 587. The lowest BCUT2D eigenvalue weighted by atomic mass is 10.1. The molecule has 0 aliphatic heterocycles. The molecular formula is C16H19N3O2. The second kappa shape index (κ2) is 7.42. The molecular weight excluding hydrogens is 266 g/mol. The SMILES string of the molecule is NNc1ccccc1C(=O)N(CCO)Cc1ccccc1. The number of nitrogens with two attached hydrogens (primary N) is 1. The molecule has 0 aliphatic carbocycles. The number of carbonyl (C=O) groups excluding carboxylic acids is 1. The van der Waals surface area contributed by atoms with Crippen LogP contribution in [0.3, 0.4) is 0 Å². The third-order valence-electron chi connectivity index (χ3n) is 3.19. The molecule has 0 spiro atoms. The molecule has 0 saturated heterocycles. The van der Waals surface area contributed by atoms with Gasteiger partial charge in [0, 0.05) is 13.1 Å². The Kier molecular flexibility index (Phi) is 5.31. The zero-order valence-electron chi connectivity index (χ0n) is 11.7. The summed E-state index contributed by atoms with van der Waals surface area (Å²) in [7, 11) is 0. The van der Waals surface area contributed by atoms with Crippen molar-refractivity contribution < 1.29 is 9.90 Å². The van der Waals surface area contributed by atoms with E-state index in [1.54, 1.807) is 29.2 Å². The highest BCUT2D eigenvalue weighted by Crippen LogP contribution is 2.17. The predicted octanol–water partition coefficient (Wildman–Crippen LogP) is 1.61. The van der Waals surface area contributed by atoms with Crippen LogP contribution in [0.2, 0.25) is 0 Å². The summed E-state index contributed by atoms with van der Waals surface area (Å²) in [6, 6.07) is 16.7. The van der Waals surface area contributed by atoms with Gasteiger partial charge in [-0.2, -0.15) is 0 Å². The number of nitrogen functional groups attached to an aromatic ring is 1. The molecule has 2 aromatic carbocycles. The van der Waals surface area contributed by atoms with E-state index in [0.717, 1.165) is 5.56 Å². The minimum Gasteiger partial charge on any atom is -0.395 e. The summed E-state index contributed by atoms with van der Waals surface area (Å²) in [5, 5.41) is 9.20. The molecule has 0 unspecified atom stereocenters. The number of hydrogen-bond donors (Lipinski definition) is 3. The number of hydrazine groups is 1. The fourth-order valence-corrected chi connectivity index (χ4v) is 2.14. The quantitative estimate of drug-likeness (QED) is 0.556. The van der Waals surface area contributed by atoms with Gasteiger partial charge in [0.05, 0.1) is 17.9 Å². The van der Waals surface area contributed by atoms with Crippen LogP contribution in [0.4, 0.5) is 5.69 Å². The topological polar surface area (TPSA) is 78.6 Å². The average molecular weight is 285 g/mol. The van der Waals surface area contributed by atoms with Crippen molar-refractivity contribution in [2.24, 2.45) is 5.84 Å². The fraction of sp³-hybridized carbons (Fsp3) is 0.188. The molecule has 0 aliphatic rings. The van der Waals surface area contributed by atoms with E-state index in [1.165, 1.54) is 0 Å². The summed E-state index contributed by atoms with van der Waals surface area (Å²) in [6.07, 6.45) is 0. The normalized spacial score (nSPS) is 10.2. The van der Waals surface area contributed by atoms with Gasteiger partial charge in [-0.3, -0.25) is 10.6 Å². The van der Waals surface area contributed by atoms with Crippen molar-refractivity contribution in [1.82, 2.24) is 4.90 Å². The summed E-state index contributed by atoms with van der Waals surface area (Å²) >= 11 is 0. The first-order valence-electron chi connectivity index (χ1n) is 6.76. The number of amides is 1. The first-order chi connectivity index (χ1) is 10.3. The number of nitrogens with zero attached hydrogens (tertiary/aromatic N) is 1. The highest BCUT2D eigenvalue weighted by molar-refractivity contribution is 5.99. The van der Waals surface area contributed by atoms with Crippen molar-refractivity contribution in [3.8, 4) is 0 Å². The number of para-hydroxylation sites is 1. The Labute approximate surface area is 124 Å². The number of aliphatic hydroxyl groups excluding tert-OH is 1. The molecule has 5 heteroatoms. The highest BCUT2D eigenvalue weighted by atomic mass is 16.3. The number of rotatable bonds is 6. The van der Waals surface area contributed by atoms with E-state index in [1.807, 2.05) is 30.3 Å². The lowest BCUT2D eigenvalue weighted by Crippen LogP contribution is -2.33. The average Bonchev–Trinajstić information content (AvgIpc) is 2.54. The molecule has 2 rings (SSSR count). The molecule has 0 radical (unpaired) electrons. The van der Waals surface area contributed by atoms with Crippen molar-refractivity contribution in [2.75, 3.05) is 18.6 Å². The van der Waals surface area contributed by atoms with Crippen LogP contribution in [-0.4, -0.2) is 29.1 Å². The zero-order valence-corrected chi connectivity index (χ0v) is 11.7. The van der Waals surface area contributed by atoms with Crippen molar-refractivity contribution in [2.45, 2.75) is 6.54 Å². The molecule has 0 fully saturated rings. The molecule has 0 atom stereocenters. The molecule has 0 heterocycles. The lowest BCUT2D eigenvalue weighted by molar-refractivity contribution is 0.0709. The number of aliphatic hydroxyl groups is 1. The predicted molar refractivity (Wildman–Crippen MR) is 82.5 cm³/mol. The summed E-state index contributed by atoms with van der Waals surface area (Å²) in [5.41, 5.74) is 4.60. The van der Waals surface area contributed by atoms with Gasteiger partial charge in [-0.25, -0.2) is 0 Å². The zero-order chi connectivity index (χ0) is 15.1. The molecule has 110 valence electrons. The maximum atomic E-state index is 12.6. The monoisotopic (exact) mass is 285 g/mol. The first kappa shape index (κ1) is 15.0. The first-order valence-corrected chi connectivity index (χ1v) is 6.76. The molecule has 0 bridgehead atoms. The number of anilines is 1. The second-order valence-electron chi connectivity index (χ2n) is 4.63. The van der Waals surface area contributed by atoms with Crippen LogP contribution in [0.25, 0.3) is 0 Å². The van der Waals surface area contributed by atoms with Crippen molar-refractivity contribution in [3.05, 3.63) is 65.7 Å². The van der Waals surface area contributed by atoms with Gasteiger partial charge in [0.2, 0.25) is 0 Å². The Morgan fingerprint density at radius 3 is 2.43 bits per heavy atom. The van der Waals surface area contributed by atoms with E-state index in [-0.39, 0.29) is 19.1 Å². The largest absolute Gasteiger partial charge is 0.395 e. The maximum Gasteiger partial charge on any atom is 0.256 e. The molecule has 5 nitrogen and oxygen atoms in total. The van der Waals surface area contributed by atoms with E-state index in [4.69, 9.17) is 5.84 Å². The van der Waals surface area contributed by atoms with Crippen LogP contribution >= 0.6 is 0 Å². The number of benzene rings is 2. The maximum absolute atomic E-state index is 12.6. The minimum absolute atomic E-state index is 0.0865. The fourth-order valence-electron chi connectivity index (χ4n) is 2.14. The van der Waals surface area contributed by atoms with Gasteiger partial charge in [-0.15, -0.1) is 0 Å². The van der Waals surface area contributed by atoms with Crippen LogP contribution < -0.4 is 11.3 Å². The van der Waals surface area contributed by atoms with Crippen molar-refractivity contribution >= 4 is 11.6 Å². The summed E-state index contributed by atoms with van der Waals surface area (Å²) in [5.74, 6) is 5.28. The van der Waals surface area contributed by atoms with E-state index in [0.29, 0.717) is 17.8 Å². The summed E-state index contributed by atoms with van der Waals surface area (Å²) in [6.45, 7) is 0.628. The van der Waals surface area contributed by atoms with Crippen LogP contribution in [0.5, 0.6) is 0 Å². The molecule has 21 heavy (non-hydrogen) atoms. The van der Waals surface area contributed by atoms with Gasteiger partial charge in [0.1, 0.15) is 0 Å². The third kappa shape index (κ3) is 3.81. The number of nitrogens with one attached hydrogen (secondary N) is 1. The third-order valence-corrected chi connectivity index (χ3v) is 3.19. The second-order valence-corrected chi connectivity index (χ2v) is 4.63. The minimum atomic E-state index is -0.165. The van der Waals surface area contributed by atoms with Gasteiger partial charge in [-0.1, -0.05) is 42.5 Å². The number of hydrogen-bond acceptors (Lipinski definition) is 4. The van der Waals surface area contributed by atoms with E-state index in [2.05, 4.69) is 5.43 Å². The van der Waals surface area contributed by atoms with Gasteiger partial charge in [-0.05, 0) is 17.7 Å². The number of carbonyl (C=O) groups is 1. The lowest BCUT2D eigenvalue weighted by Gasteiger charge is -2.23. The smallest absolute Gasteiger partial charge is 0.256 e. The molecule has 0 saturated carbocycles. The van der Waals surface area contributed by atoms with Gasteiger partial charge < -0.3 is 15.4 Å². The standard InChI is InChI=1S/C16H19N3O2/c17-18-15-9-5-4-8-14(15)16(21)19(10-11-20)12-13-6-2-1-3-7-13/h1-9,18,20H,10-12,17H2. The van der Waals surface area contributed by atoms with Crippen LogP contribution in [0, 0.1) is 0 Å². The molecule has 2 aromatic rings. The van der Waals surface area contributed by atoms with Crippen LogP contribution in [0.1, 0.15) is 15.9 Å². The summed E-state index contributed by atoms with van der Waals surface area (Å²) in [4.78, 5) is 14.2. The van der Waals surface area contributed by atoms with Gasteiger partial charge >= 0.3 is 0 Å². The van der Waals surface area contributed by atoms with Crippen LogP contribution in [0.15, 0.2) is 54.6 Å². The Hall–Kier alpha value is -2.37. The van der Waals surface area contributed by atoms with Crippen molar-refractivity contribution in [3.63, 3.8) is 0 Å². The van der Waals surface area contributed by atoms with E-state index in [9.17, 15) is 9.90 Å². The van der Waals surface area contributed by atoms with Crippen molar-refractivity contribution in [1.29, 1.82) is 0 Å². The van der Waals surface area contributed by atoms with Crippen LogP contribution in [-0.2, 0) is 6.54 Å². The highest BCUT2D eigenvalue weighted by Gasteiger charge is 2.18. The van der Waals surface area contributed by atoms with E-state index < -0.39 is 0 Å². The molecule has 4 N–H and O–H groups in total. The Balaban J connectivity index is 2.23. The Morgan fingerprint density at radius 1 is 1.10 bits per heavy atom. The van der Waals surface area contributed by atoms with E-state index >= 15 is 0 Å². The molecule has 0 aromatic heterocycles. The summed E-state index contributed by atoms with van der Waals surface area (Å²) < 4.78 is 0. The van der Waals surface area contributed by atoms with Gasteiger partial charge in [0.25, 0.3) is 5.91 Å². The molecule has 1 amide bonds. The van der Waals surface area contributed by atoms with Gasteiger partial charge in [0.15, 0.2) is 0 Å².